The van der Waals surface area contributed by atoms with Crippen molar-refractivity contribution in [3.8, 4) is 5.88 Å². The number of ketones is 3. The van der Waals surface area contributed by atoms with Crippen LogP contribution < -0.4 is 4.74 Å². The summed E-state index contributed by atoms with van der Waals surface area (Å²) in [4.78, 5) is 44.2. The molecule has 0 aromatic carbocycles. The van der Waals surface area contributed by atoms with E-state index in [4.69, 9.17) is 4.74 Å². The highest BCUT2D eigenvalue weighted by Crippen LogP contribution is 2.34. The van der Waals surface area contributed by atoms with Gasteiger partial charge < -0.3 is 4.74 Å². The number of hydrogen-bond acceptors (Lipinski definition) is 6. The minimum absolute atomic E-state index is 0.0119. The highest BCUT2D eigenvalue weighted by molar-refractivity contribution is 6.25. The van der Waals surface area contributed by atoms with Gasteiger partial charge in [-0.25, -0.2) is 4.98 Å². The Labute approximate surface area is 158 Å². The number of Topliss-reactive ketones (excluding diaryl/α,β-unsaturated/α-hetero) is 3. The van der Waals surface area contributed by atoms with Crippen LogP contribution in [0, 0.1) is 5.92 Å². The van der Waals surface area contributed by atoms with Crippen LogP contribution in [0.25, 0.3) is 11.0 Å². The van der Waals surface area contributed by atoms with Crippen LogP contribution >= 0.6 is 0 Å². The van der Waals surface area contributed by atoms with Crippen LogP contribution in [-0.2, 0) is 15.8 Å². The molecule has 0 saturated heterocycles. The molecule has 0 bridgehead atoms. The molecule has 1 saturated carbocycles. The first-order valence-electron chi connectivity index (χ1n) is 8.73. The van der Waals surface area contributed by atoms with Crippen molar-refractivity contribution < 1.29 is 32.3 Å². The Morgan fingerprint density at radius 3 is 2.36 bits per heavy atom. The van der Waals surface area contributed by atoms with E-state index >= 15 is 0 Å². The Balaban J connectivity index is 2.14. The van der Waals surface area contributed by atoms with Crippen LogP contribution in [0.15, 0.2) is 18.2 Å². The maximum Gasteiger partial charge on any atom is 0.434 e. The van der Waals surface area contributed by atoms with Crippen molar-refractivity contribution in [3.05, 3.63) is 29.5 Å². The molecular formula is C19H17F3N2O4. The zero-order valence-electron chi connectivity index (χ0n) is 15.2. The van der Waals surface area contributed by atoms with E-state index in [-0.39, 0.29) is 35.9 Å². The molecule has 28 heavy (non-hydrogen) atoms. The topological polar surface area (TPSA) is 86.2 Å². The predicted molar refractivity (Wildman–Crippen MR) is 92.0 cm³/mol. The molecule has 0 atom stereocenters. The first-order valence-corrected chi connectivity index (χ1v) is 8.73. The average molecular weight is 394 g/mol. The fourth-order valence-electron chi connectivity index (χ4n) is 3.10. The molecule has 148 valence electrons. The van der Waals surface area contributed by atoms with Gasteiger partial charge in [0.1, 0.15) is 5.92 Å². The lowest BCUT2D eigenvalue weighted by molar-refractivity contribution is -0.142. The number of hydrogen-bond donors (Lipinski definition) is 0. The number of nitrogens with zero attached hydrogens (tertiary/aromatic N) is 2. The van der Waals surface area contributed by atoms with Crippen LogP contribution in [0.2, 0.25) is 0 Å². The zero-order chi connectivity index (χ0) is 20.6. The van der Waals surface area contributed by atoms with E-state index in [1.54, 1.807) is 13.8 Å². The van der Waals surface area contributed by atoms with E-state index in [1.165, 1.54) is 12.1 Å². The maximum absolute atomic E-state index is 13.6. The summed E-state index contributed by atoms with van der Waals surface area (Å²) in [5.41, 5.74) is -2.51. The van der Waals surface area contributed by atoms with Crippen molar-refractivity contribution in [1.29, 1.82) is 0 Å². The molecule has 2 heterocycles. The van der Waals surface area contributed by atoms with Gasteiger partial charge in [0.05, 0.1) is 11.7 Å². The van der Waals surface area contributed by atoms with Gasteiger partial charge in [0, 0.05) is 24.3 Å². The highest BCUT2D eigenvalue weighted by atomic mass is 19.4. The number of alkyl halides is 3. The lowest BCUT2D eigenvalue weighted by atomic mass is 9.81. The number of pyridine rings is 2. The quantitative estimate of drug-likeness (QED) is 0.582. The van der Waals surface area contributed by atoms with Crippen LogP contribution in [0.5, 0.6) is 5.88 Å². The molecular weight excluding hydrogens is 377 g/mol. The summed E-state index contributed by atoms with van der Waals surface area (Å²) in [7, 11) is 0. The summed E-state index contributed by atoms with van der Waals surface area (Å²) in [6.45, 7) is 3.47. The Bertz CT molecular complexity index is 954. The van der Waals surface area contributed by atoms with Crippen molar-refractivity contribution in [2.75, 3.05) is 0 Å². The molecule has 2 aromatic heterocycles. The Hall–Kier alpha value is -2.84. The van der Waals surface area contributed by atoms with Gasteiger partial charge in [0.25, 0.3) is 0 Å². The number of carbonyl (C=O) groups excluding carboxylic acids is 3. The van der Waals surface area contributed by atoms with Gasteiger partial charge in [-0.05, 0) is 32.4 Å². The van der Waals surface area contributed by atoms with Gasteiger partial charge in [0.15, 0.2) is 28.7 Å². The zero-order valence-corrected chi connectivity index (χ0v) is 15.2. The molecule has 2 aromatic rings. The van der Waals surface area contributed by atoms with E-state index in [2.05, 4.69) is 9.97 Å². The van der Waals surface area contributed by atoms with E-state index in [0.717, 1.165) is 6.07 Å². The van der Waals surface area contributed by atoms with Crippen molar-refractivity contribution in [3.63, 3.8) is 0 Å². The van der Waals surface area contributed by atoms with E-state index in [1.807, 2.05) is 0 Å². The number of halogens is 3. The molecule has 1 aliphatic carbocycles. The summed E-state index contributed by atoms with van der Waals surface area (Å²) in [5, 5.41) is 0.170. The molecule has 1 fully saturated rings. The maximum atomic E-state index is 13.6. The summed E-state index contributed by atoms with van der Waals surface area (Å²) >= 11 is 0. The van der Waals surface area contributed by atoms with Crippen molar-refractivity contribution >= 4 is 28.4 Å². The number of carbonyl (C=O) groups is 3. The fraction of sp³-hybridized carbons (Fsp3) is 0.421. The second-order valence-electron chi connectivity index (χ2n) is 6.83. The van der Waals surface area contributed by atoms with Gasteiger partial charge in [-0.3, -0.25) is 14.4 Å². The SMILES string of the molecule is CC(C)Oc1ccc2cc(C(=O)C3C(=O)CCCC3=O)c(C(F)(F)F)nc2n1. The predicted octanol–water partition coefficient (Wildman–Crippen LogP) is 3.56. The third-order valence-electron chi connectivity index (χ3n) is 4.30. The Morgan fingerprint density at radius 2 is 1.79 bits per heavy atom. The smallest absolute Gasteiger partial charge is 0.434 e. The first-order chi connectivity index (χ1) is 13.1. The highest BCUT2D eigenvalue weighted by Gasteiger charge is 2.43. The summed E-state index contributed by atoms with van der Waals surface area (Å²) < 4.78 is 46.1. The average Bonchev–Trinajstić information content (AvgIpc) is 2.59. The van der Waals surface area contributed by atoms with Gasteiger partial charge in [0.2, 0.25) is 5.88 Å². The molecule has 0 radical (unpaired) electrons. The van der Waals surface area contributed by atoms with Crippen LogP contribution in [0.4, 0.5) is 13.2 Å². The van der Waals surface area contributed by atoms with E-state index < -0.39 is 40.7 Å². The van der Waals surface area contributed by atoms with E-state index in [9.17, 15) is 27.6 Å². The molecule has 0 spiro atoms. The largest absolute Gasteiger partial charge is 0.475 e. The second-order valence-corrected chi connectivity index (χ2v) is 6.83. The van der Waals surface area contributed by atoms with Gasteiger partial charge in [-0.15, -0.1) is 0 Å². The minimum atomic E-state index is -4.96. The molecule has 9 heteroatoms. The third kappa shape index (κ3) is 3.88. The lowest BCUT2D eigenvalue weighted by Crippen LogP contribution is -2.36. The van der Waals surface area contributed by atoms with Gasteiger partial charge in [-0.2, -0.15) is 18.2 Å². The van der Waals surface area contributed by atoms with E-state index in [0.29, 0.717) is 6.42 Å². The second kappa shape index (κ2) is 7.29. The van der Waals surface area contributed by atoms with Crippen molar-refractivity contribution in [2.45, 2.75) is 45.4 Å². The number of ether oxygens (including phenoxy) is 1. The van der Waals surface area contributed by atoms with Crippen LogP contribution in [0.1, 0.15) is 49.2 Å². The van der Waals surface area contributed by atoms with Crippen LogP contribution in [0.3, 0.4) is 0 Å². The number of rotatable bonds is 4. The van der Waals surface area contributed by atoms with Crippen LogP contribution in [-0.4, -0.2) is 33.4 Å². The molecule has 0 amide bonds. The fourth-order valence-corrected chi connectivity index (χ4v) is 3.10. The monoisotopic (exact) mass is 394 g/mol. The van der Waals surface area contributed by atoms with Crippen molar-refractivity contribution in [2.24, 2.45) is 5.92 Å². The number of fused-ring (bicyclic) bond motifs is 1. The minimum Gasteiger partial charge on any atom is -0.475 e. The lowest BCUT2D eigenvalue weighted by Gasteiger charge is -2.20. The molecule has 0 aliphatic heterocycles. The van der Waals surface area contributed by atoms with Crippen molar-refractivity contribution in [1.82, 2.24) is 9.97 Å². The molecule has 0 unspecified atom stereocenters. The normalized spacial score (nSPS) is 16.1. The van der Waals surface area contributed by atoms with Gasteiger partial charge in [-0.1, -0.05) is 0 Å². The summed E-state index contributed by atoms with van der Waals surface area (Å²) in [6.07, 6.45) is -4.93. The summed E-state index contributed by atoms with van der Waals surface area (Å²) in [5.74, 6) is -4.09. The van der Waals surface area contributed by atoms with Gasteiger partial charge >= 0.3 is 6.18 Å². The molecule has 1 aliphatic rings. The molecule has 3 rings (SSSR count). The third-order valence-corrected chi connectivity index (χ3v) is 4.30. The summed E-state index contributed by atoms with van der Waals surface area (Å²) in [6, 6.07) is 3.85. The standard InChI is InChI=1S/C19H17F3N2O4/c1-9(2)28-14-7-6-10-8-11(17(19(20,21)22)24-18(10)23-14)16(27)15-12(25)4-3-5-13(15)26/h6-9,15H,3-5H2,1-2H3. The number of aromatic nitrogens is 2. The Kier molecular flexibility index (Phi) is 5.18. The molecule has 6 nitrogen and oxygen atoms in total. The first kappa shape index (κ1) is 19.9. The Morgan fingerprint density at radius 1 is 1.14 bits per heavy atom. The molecule has 0 N–H and O–H groups in total.